The van der Waals surface area contributed by atoms with Crippen LogP contribution in [-0.2, 0) is 11.3 Å². The number of carbonyl (C=O) groups is 1. The van der Waals surface area contributed by atoms with Gasteiger partial charge in [0.25, 0.3) is 0 Å². The molecule has 0 aromatic heterocycles. The fourth-order valence-electron chi connectivity index (χ4n) is 2.04. The van der Waals surface area contributed by atoms with Gasteiger partial charge in [0.1, 0.15) is 0 Å². The van der Waals surface area contributed by atoms with Gasteiger partial charge in [-0.05, 0) is 42.2 Å². The largest absolute Gasteiger partial charge is 0.328 e. The van der Waals surface area contributed by atoms with Crippen molar-refractivity contribution in [3.8, 4) is 0 Å². The summed E-state index contributed by atoms with van der Waals surface area (Å²) in [6, 6.07) is 5.28. The highest BCUT2D eigenvalue weighted by atomic mass is 35.5. The fourth-order valence-corrected chi connectivity index (χ4v) is 2.29. The van der Waals surface area contributed by atoms with E-state index in [-0.39, 0.29) is 5.92 Å². The minimum Gasteiger partial charge on any atom is -0.328 e. The van der Waals surface area contributed by atoms with Crippen molar-refractivity contribution in [3.63, 3.8) is 0 Å². The van der Waals surface area contributed by atoms with Crippen LogP contribution in [0.2, 0.25) is 5.02 Å². The molecule has 0 saturated heterocycles. The molecule has 24 heavy (non-hydrogen) atoms. The lowest BCUT2D eigenvalue weighted by Crippen LogP contribution is -2.22. The predicted octanol–water partition coefficient (Wildman–Crippen LogP) is 5.19. The number of nitrogens with one attached hydrogen (secondary N) is 2. The standard InChI is InChI=1S/C18H21Cl2FN2O/c1-13(15(9-21)5-3-4-14(2)19)10-22-11-16-6-7-17(20)8-18(16)23-12-24/h3-9,12-13,22H,10-11H2,1-2H3,(H,23,24)/b5-3-,14-4+,15-9?. The Kier molecular flexibility index (Phi) is 9.38. The lowest BCUT2D eigenvalue weighted by molar-refractivity contribution is -0.105. The van der Waals surface area contributed by atoms with Gasteiger partial charge in [0, 0.05) is 28.8 Å². The van der Waals surface area contributed by atoms with Crippen molar-refractivity contribution in [3.05, 3.63) is 63.9 Å². The maximum atomic E-state index is 13.0. The molecule has 0 spiro atoms. The Bertz CT molecular complexity index is 638. The van der Waals surface area contributed by atoms with E-state index in [1.54, 1.807) is 37.3 Å². The third-order valence-electron chi connectivity index (χ3n) is 3.36. The van der Waals surface area contributed by atoms with Crippen LogP contribution in [0.15, 0.2) is 53.4 Å². The van der Waals surface area contributed by atoms with E-state index in [4.69, 9.17) is 23.2 Å². The zero-order chi connectivity index (χ0) is 17.9. The molecule has 0 heterocycles. The van der Waals surface area contributed by atoms with Crippen molar-refractivity contribution in [1.29, 1.82) is 0 Å². The summed E-state index contributed by atoms with van der Waals surface area (Å²) in [5.41, 5.74) is 2.13. The molecule has 6 heteroatoms. The van der Waals surface area contributed by atoms with Gasteiger partial charge in [-0.15, -0.1) is 0 Å². The van der Waals surface area contributed by atoms with Crippen LogP contribution in [0.5, 0.6) is 0 Å². The zero-order valence-corrected chi connectivity index (χ0v) is 15.2. The van der Waals surface area contributed by atoms with Crippen molar-refractivity contribution in [2.75, 3.05) is 11.9 Å². The van der Waals surface area contributed by atoms with Crippen molar-refractivity contribution >= 4 is 35.3 Å². The monoisotopic (exact) mass is 370 g/mol. The molecule has 0 bridgehead atoms. The lowest BCUT2D eigenvalue weighted by atomic mass is 10.0. The van der Waals surface area contributed by atoms with E-state index in [1.165, 1.54) is 0 Å². The summed E-state index contributed by atoms with van der Waals surface area (Å²) in [4.78, 5) is 10.7. The van der Waals surface area contributed by atoms with E-state index in [9.17, 15) is 9.18 Å². The molecule has 1 rings (SSSR count). The topological polar surface area (TPSA) is 41.1 Å². The number of amides is 1. The molecule has 1 aromatic carbocycles. The summed E-state index contributed by atoms with van der Waals surface area (Å²) in [5.74, 6) is -0.0231. The van der Waals surface area contributed by atoms with Crippen molar-refractivity contribution in [1.82, 2.24) is 5.32 Å². The predicted molar refractivity (Wildman–Crippen MR) is 100.0 cm³/mol. The van der Waals surface area contributed by atoms with E-state index in [1.807, 2.05) is 13.0 Å². The fraction of sp³-hybridized carbons (Fsp3) is 0.278. The molecule has 1 unspecified atom stereocenters. The Labute approximate surface area is 152 Å². The highest BCUT2D eigenvalue weighted by Crippen LogP contribution is 2.21. The first kappa shape index (κ1) is 20.4. The minimum atomic E-state index is -0.0231. The maximum Gasteiger partial charge on any atom is 0.211 e. The van der Waals surface area contributed by atoms with E-state index < -0.39 is 0 Å². The van der Waals surface area contributed by atoms with Gasteiger partial charge < -0.3 is 10.6 Å². The second-order valence-electron chi connectivity index (χ2n) is 5.32. The van der Waals surface area contributed by atoms with Gasteiger partial charge in [-0.1, -0.05) is 48.3 Å². The highest BCUT2D eigenvalue weighted by Gasteiger charge is 2.08. The highest BCUT2D eigenvalue weighted by molar-refractivity contribution is 6.31. The number of carbonyl (C=O) groups excluding carboxylic acids is 1. The van der Waals surface area contributed by atoms with E-state index >= 15 is 0 Å². The first-order valence-corrected chi connectivity index (χ1v) is 8.23. The Morgan fingerprint density at radius 2 is 2.17 bits per heavy atom. The molecule has 3 nitrogen and oxygen atoms in total. The van der Waals surface area contributed by atoms with Gasteiger partial charge in [-0.3, -0.25) is 4.79 Å². The van der Waals surface area contributed by atoms with Crippen LogP contribution in [0.4, 0.5) is 10.1 Å². The molecule has 0 saturated carbocycles. The quantitative estimate of drug-likeness (QED) is 0.464. The van der Waals surface area contributed by atoms with Gasteiger partial charge in [0.05, 0.1) is 6.33 Å². The van der Waals surface area contributed by atoms with Gasteiger partial charge in [0.15, 0.2) is 0 Å². The molecule has 130 valence electrons. The van der Waals surface area contributed by atoms with E-state index in [0.29, 0.717) is 47.1 Å². The zero-order valence-electron chi connectivity index (χ0n) is 13.7. The van der Waals surface area contributed by atoms with Gasteiger partial charge in [-0.25, -0.2) is 4.39 Å². The number of anilines is 1. The number of hydrogen-bond donors (Lipinski definition) is 2. The van der Waals surface area contributed by atoms with Crippen molar-refractivity contribution < 1.29 is 9.18 Å². The van der Waals surface area contributed by atoms with Gasteiger partial charge in [-0.2, -0.15) is 0 Å². The lowest BCUT2D eigenvalue weighted by Gasteiger charge is -2.14. The molecular weight excluding hydrogens is 350 g/mol. The molecule has 0 aliphatic heterocycles. The summed E-state index contributed by atoms with van der Waals surface area (Å²) in [5, 5.41) is 7.05. The molecular formula is C18H21Cl2FN2O. The summed E-state index contributed by atoms with van der Waals surface area (Å²) in [6.45, 7) is 4.79. The number of hydrogen-bond acceptors (Lipinski definition) is 2. The van der Waals surface area contributed by atoms with Crippen LogP contribution in [0.25, 0.3) is 0 Å². The van der Waals surface area contributed by atoms with Crippen LogP contribution < -0.4 is 10.6 Å². The molecule has 1 aromatic rings. The Balaban J connectivity index is 2.61. The van der Waals surface area contributed by atoms with Crippen molar-refractivity contribution in [2.45, 2.75) is 20.4 Å². The van der Waals surface area contributed by atoms with Crippen LogP contribution >= 0.6 is 23.2 Å². The maximum absolute atomic E-state index is 13.0. The van der Waals surface area contributed by atoms with E-state index in [0.717, 1.165) is 5.56 Å². The Morgan fingerprint density at radius 1 is 1.42 bits per heavy atom. The number of rotatable bonds is 9. The molecule has 1 atom stereocenters. The van der Waals surface area contributed by atoms with Crippen LogP contribution in [0, 0.1) is 5.92 Å². The van der Waals surface area contributed by atoms with E-state index in [2.05, 4.69) is 10.6 Å². The first-order valence-electron chi connectivity index (χ1n) is 7.48. The molecule has 2 N–H and O–H groups in total. The van der Waals surface area contributed by atoms with Crippen LogP contribution in [-0.4, -0.2) is 13.0 Å². The Hall–Kier alpha value is -1.62. The second kappa shape index (κ2) is 11.0. The minimum absolute atomic E-state index is 0.0231. The molecule has 0 radical (unpaired) electrons. The average molecular weight is 371 g/mol. The number of benzene rings is 1. The third-order valence-corrected chi connectivity index (χ3v) is 3.72. The molecule has 1 amide bonds. The SMILES string of the molecule is C/C(Cl)=C\C=C/C(=CF)C(C)CNCc1ccc(Cl)cc1NC=O. The average Bonchev–Trinajstić information content (AvgIpc) is 2.53. The third kappa shape index (κ3) is 7.30. The summed E-state index contributed by atoms with van der Waals surface area (Å²) >= 11 is 11.7. The normalized spacial score (nSPS) is 14.0. The summed E-state index contributed by atoms with van der Waals surface area (Å²) in [6.07, 6.45) is 6.33. The van der Waals surface area contributed by atoms with Gasteiger partial charge in [0.2, 0.25) is 6.41 Å². The van der Waals surface area contributed by atoms with Crippen LogP contribution in [0.3, 0.4) is 0 Å². The number of halogens is 3. The molecule has 0 aliphatic carbocycles. The van der Waals surface area contributed by atoms with Gasteiger partial charge >= 0.3 is 0 Å². The smallest absolute Gasteiger partial charge is 0.211 e. The van der Waals surface area contributed by atoms with Crippen molar-refractivity contribution in [2.24, 2.45) is 5.92 Å². The molecule has 0 aliphatic rings. The summed E-state index contributed by atoms with van der Waals surface area (Å²) < 4.78 is 13.0. The molecule has 0 fully saturated rings. The second-order valence-corrected chi connectivity index (χ2v) is 6.35. The van der Waals surface area contributed by atoms with Crippen LogP contribution in [0.1, 0.15) is 19.4 Å². The first-order chi connectivity index (χ1) is 11.5. The Morgan fingerprint density at radius 3 is 2.79 bits per heavy atom. The number of allylic oxidation sites excluding steroid dienone is 4. The summed E-state index contributed by atoms with van der Waals surface area (Å²) in [7, 11) is 0.